The lowest BCUT2D eigenvalue weighted by Gasteiger charge is -2.38. The van der Waals surface area contributed by atoms with Crippen LogP contribution in [-0.4, -0.2) is 47.0 Å². The number of likely N-dealkylation sites (tertiary alicyclic amines) is 1. The Balaban J connectivity index is 1.84. The van der Waals surface area contributed by atoms with Crippen LogP contribution in [0, 0.1) is 16.7 Å². The van der Waals surface area contributed by atoms with Crippen molar-refractivity contribution in [2.24, 2.45) is 5.41 Å². The third-order valence-corrected chi connectivity index (χ3v) is 7.06. The number of piperidine rings is 1. The van der Waals surface area contributed by atoms with Crippen molar-refractivity contribution in [3.8, 4) is 6.07 Å². The number of nitriles is 1. The van der Waals surface area contributed by atoms with Crippen LogP contribution in [-0.2, 0) is 4.79 Å². The minimum atomic E-state index is -0.882. The quantitative estimate of drug-likeness (QED) is 0.542. The van der Waals surface area contributed by atoms with Gasteiger partial charge in [0.05, 0.1) is 11.5 Å². The average Bonchev–Trinajstić information content (AvgIpc) is 2.83. The zero-order valence-electron chi connectivity index (χ0n) is 20.8. The molecule has 0 radical (unpaired) electrons. The van der Waals surface area contributed by atoms with Crippen molar-refractivity contribution in [2.75, 3.05) is 25.0 Å². The van der Waals surface area contributed by atoms with Crippen molar-refractivity contribution < 1.29 is 9.21 Å². The Morgan fingerprint density at radius 1 is 1.29 bits per heavy atom. The summed E-state index contributed by atoms with van der Waals surface area (Å²) in [6.07, 6.45) is 4.59. The molecule has 1 atom stereocenters. The standard InChI is InChI=1S/C26H37N5O3/c1-5-15-31-16-13-26(18-27,14-17-31)30-23(32)20(11-12-25(3,4)6-2)28-22-19-9-7-8-10-21(19)34-24(33)29-22/h7-10,20H,5-6,11-17H2,1-4H3,(H,30,32)(H,28,29,33)/t20-/m1/s1. The second-order valence-electron chi connectivity index (χ2n) is 10.1. The number of anilines is 1. The third-order valence-electron chi connectivity index (χ3n) is 7.06. The van der Waals surface area contributed by atoms with Crippen LogP contribution in [0.4, 0.5) is 5.82 Å². The number of carbonyl (C=O) groups excluding carboxylic acids is 1. The minimum Gasteiger partial charge on any atom is -0.408 e. The average molecular weight is 468 g/mol. The molecule has 2 heterocycles. The number of para-hydroxylation sites is 1. The Morgan fingerprint density at radius 2 is 2.00 bits per heavy atom. The molecule has 1 aromatic heterocycles. The highest BCUT2D eigenvalue weighted by atomic mass is 16.4. The normalized spacial score (nSPS) is 17.1. The number of aromatic nitrogens is 1. The molecule has 1 aromatic carbocycles. The fourth-order valence-corrected chi connectivity index (χ4v) is 4.34. The summed E-state index contributed by atoms with van der Waals surface area (Å²) in [7, 11) is 0. The van der Waals surface area contributed by atoms with Crippen LogP contribution < -0.4 is 16.4 Å². The van der Waals surface area contributed by atoms with Gasteiger partial charge < -0.3 is 20.0 Å². The molecule has 1 fully saturated rings. The summed E-state index contributed by atoms with van der Waals surface area (Å²) in [5, 5.41) is 16.9. The van der Waals surface area contributed by atoms with E-state index in [0.29, 0.717) is 36.0 Å². The topological polar surface area (TPSA) is 111 Å². The molecule has 0 spiro atoms. The number of benzene rings is 1. The zero-order chi connectivity index (χ0) is 24.8. The van der Waals surface area contributed by atoms with E-state index < -0.39 is 17.3 Å². The lowest BCUT2D eigenvalue weighted by atomic mass is 9.83. The van der Waals surface area contributed by atoms with Gasteiger partial charge in [-0.2, -0.15) is 10.2 Å². The summed E-state index contributed by atoms with van der Waals surface area (Å²) in [5.41, 5.74) is -0.411. The second kappa shape index (κ2) is 11.0. The molecule has 8 nitrogen and oxygen atoms in total. The van der Waals surface area contributed by atoms with Gasteiger partial charge >= 0.3 is 5.76 Å². The highest BCUT2D eigenvalue weighted by Crippen LogP contribution is 2.29. The first-order chi connectivity index (χ1) is 16.2. The van der Waals surface area contributed by atoms with Gasteiger partial charge in [0.25, 0.3) is 0 Å². The highest BCUT2D eigenvalue weighted by Gasteiger charge is 2.38. The van der Waals surface area contributed by atoms with Gasteiger partial charge in [-0.15, -0.1) is 0 Å². The van der Waals surface area contributed by atoms with Crippen molar-refractivity contribution in [2.45, 2.75) is 77.8 Å². The molecule has 184 valence electrons. The SMILES string of the molecule is CCCN1CCC(C#N)(NC(=O)[C@@H](CCC(C)(C)CC)Nc2nc(=O)oc3ccccc23)CC1. The molecule has 2 aromatic rings. The molecule has 1 saturated heterocycles. The predicted molar refractivity (Wildman–Crippen MR) is 133 cm³/mol. The van der Waals surface area contributed by atoms with E-state index in [1.165, 1.54) is 0 Å². The maximum atomic E-state index is 13.5. The molecule has 0 aliphatic carbocycles. The molecule has 8 heteroatoms. The number of hydrogen-bond donors (Lipinski definition) is 2. The van der Waals surface area contributed by atoms with Gasteiger partial charge in [0.2, 0.25) is 5.91 Å². The first kappa shape index (κ1) is 25.7. The second-order valence-corrected chi connectivity index (χ2v) is 10.1. The molecule has 0 bridgehead atoms. The van der Waals surface area contributed by atoms with Gasteiger partial charge in [0.1, 0.15) is 23.0 Å². The Labute approximate surface area is 201 Å². The van der Waals surface area contributed by atoms with Crippen LogP contribution in [0.25, 0.3) is 11.0 Å². The lowest BCUT2D eigenvalue weighted by molar-refractivity contribution is -0.124. The monoisotopic (exact) mass is 467 g/mol. The molecule has 1 aliphatic rings. The predicted octanol–water partition coefficient (Wildman–Crippen LogP) is 4.07. The summed E-state index contributed by atoms with van der Waals surface area (Å²) in [5.74, 6) is -0.632. The smallest absolute Gasteiger partial charge is 0.408 e. The van der Waals surface area contributed by atoms with E-state index in [1.807, 2.05) is 6.07 Å². The van der Waals surface area contributed by atoms with Gasteiger partial charge in [-0.05, 0) is 56.2 Å². The Morgan fingerprint density at radius 3 is 2.65 bits per heavy atom. The van der Waals surface area contributed by atoms with Crippen molar-refractivity contribution >= 4 is 22.7 Å². The van der Waals surface area contributed by atoms with Crippen LogP contribution in [0.5, 0.6) is 0 Å². The first-order valence-corrected chi connectivity index (χ1v) is 12.3. The maximum Gasteiger partial charge on any atom is 0.441 e. The summed E-state index contributed by atoms with van der Waals surface area (Å²) in [6, 6.07) is 8.87. The van der Waals surface area contributed by atoms with Crippen LogP contribution in [0.15, 0.2) is 33.5 Å². The molecule has 2 N–H and O–H groups in total. The third kappa shape index (κ3) is 6.35. The fourth-order valence-electron chi connectivity index (χ4n) is 4.34. The number of fused-ring (bicyclic) bond motifs is 1. The first-order valence-electron chi connectivity index (χ1n) is 12.3. The Hall–Kier alpha value is -2.92. The Kier molecular flexibility index (Phi) is 8.32. The van der Waals surface area contributed by atoms with Gasteiger partial charge in [0.15, 0.2) is 0 Å². The lowest BCUT2D eigenvalue weighted by Crippen LogP contribution is -2.57. The van der Waals surface area contributed by atoms with Crippen molar-refractivity contribution in [1.82, 2.24) is 15.2 Å². The summed E-state index contributed by atoms with van der Waals surface area (Å²) >= 11 is 0. The van der Waals surface area contributed by atoms with E-state index in [9.17, 15) is 14.9 Å². The van der Waals surface area contributed by atoms with Crippen LogP contribution in [0.1, 0.15) is 66.2 Å². The number of nitrogens with one attached hydrogen (secondary N) is 2. The molecule has 1 amide bonds. The fraction of sp³-hybridized carbons (Fsp3) is 0.615. The Bertz CT molecular complexity index is 1080. The molecular weight excluding hydrogens is 430 g/mol. The zero-order valence-corrected chi connectivity index (χ0v) is 20.8. The molecule has 3 rings (SSSR count). The van der Waals surface area contributed by atoms with Gasteiger partial charge in [-0.3, -0.25) is 4.79 Å². The summed E-state index contributed by atoms with van der Waals surface area (Å²) < 4.78 is 5.21. The number of rotatable bonds is 10. The minimum absolute atomic E-state index is 0.0594. The van der Waals surface area contributed by atoms with Crippen LogP contribution in [0.2, 0.25) is 0 Å². The largest absolute Gasteiger partial charge is 0.441 e. The van der Waals surface area contributed by atoms with E-state index in [0.717, 1.165) is 38.9 Å². The van der Waals surface area contributed by atoms with E-state index >= 15 is 0 Å². The van der Waals surface area contributed by atoms with Gasteiger partial charge in [-0.25, -0.2) is 4.79 Å². The van der Waals surface area contributed by atoms with Crippen LogP contribution in [0.3, 0.4) is 0 Å². The summed E-state index contributed by atoms with van der Waals surface area (Å²) in [6.45, 7) is 11.2. The van der Waals surface area contributed by atoms with Crippen molar-refractivity contribution in [3.63, 3.8) is 0 Å². The molecule has 0 unspecified atom stereocenters. The van der Waals surface area contributed by atoms with Gasteiger partial charge in [-0.1, -0.05) is 46.2 Å². The number of nitrogens with zero attached hydrogens (tertiary/aromatic N) is 3. The van der Waals surface area contributed by atoms with E-state index in [4.69, 9.17) is 4.42 Å². The van der Waals surface area contributed by atoms with Gasteiger partial charge in [0, 0.05) is 13.1 Å². The molecule has 34 heavy (non-hydrogen) atoms. The number of carbonyl (C=O) groups is 1. The number of hydrogen-bond acceptors (Lipinski definition) is 7. The number of amides is 1. The van der Waals surface area contributed by atoms with Crippen LogP contribution >= 0.6 is 0 Å². The molecule has 0 saturated carbocycles. The van der Waals surface area contributed by atoms with E-state index in [2.05, 4.69) is 54.3 Å². The van der Waals surface area contributed by atoms with E-state index in [-0.39, 0.29) is 11.3 Å². The maximum absolute atomic E-state index is 13.5. The molecular formula is C26H37N5O3. The highest BCUT2D eigenvalue weighted by molar-refractivity contribution is 5.91. The van der Waals surface area contributed by atoms with Crippen molar-refractivity contribution in [1.29, 1.82) is 5.26 Å². The van der Waals surface area contributed by atoms with Crippen molar-refractivity contribution in [3.05, 3.63) is 34.8 Å². The summed E-state index contributed by atoms with van der Waals surface area (Å²) in [4.78, 5) is 31.9. The molecule has 1 aliphatic heterocycles. The van der Waals surface area contributed by atoms with E-state index in [1.54, 1.807) is 18.2 Å².